The van der Waals surface area contributed by atoms with Crippen LogP contribution >= 0.6 is 0 Å². The molecule has 0 aliphatic carbocycles. The summed E-state index contributed by atoms with van der Waals surface area (Å²) in [5.74, 6) is 1.90. The Kier molecular flexibility index (Phi) is 6.06. The summed E-state index contributed by atoms with van der Waals surface area (Å²) < 4.78 is 0. The molecule has 0 aliphatic heterocycles. The average Bonchev–Trinajstić information content (AvgIpc) is 3.15. The molecule has 0 radical (unpaired) electrons. The lowest BCUT2D eigenvalue weighted by Crippen LogP contribution is -2.00. The molecule has 0 unspecified atom stereocenters. The van der Waals surface area contributed by atoms with Crippen molar-refractivity contribution < 1.29 is 0 Å². The van der Waals surface area contributed by atoms with E-state index >= 15 is 0 Å². The quantitative estimate of drug-likeness (QED) is 0.192. The SMILES string of the molecule is c1ccc(-c2nc(-c3ccccc3)nc(-c3ccc(-c4nc5c6ccccc6c6ccccc6c5c5cnccc45)cc3)n2)cc1. The number of hydrogen-bond donors (Lipinski definition) is 0. The number of aromatic nitrogens is 5. The van der Waals surface area contributed by atoms with Gasteiger partial charge in [0.15, 0.2) is 17.5 Å². The molecule has 6 aromatic carbocycles. The predicted octanol–water partition coefficient (Wildman–Crippen LogP) is 9.94. The van der Waals surface area contributed by atoms with Gasteiger partial charge in [0.1, 0.15) is 0 Å². The van der Waals surface area contributed by atoms with Crippen LogP contribution in [0, 0.1) is 0 Å². The standard InChI is InChI=1S/C41H25N5/c1-3-11-27(12-4-1)39-44-40(28-13-5-2-6-14-28)46-41(45-39)29-21-19-26(20-22-29)37-34-23-24-42-25-35(34)36-32-17-9-7-15-30(32)31-16-8-10-18-33(31)38(36)43-37/h1-25H. The maximum Gasteiger partial charge on any atom is 0.164 e. The molecular formula is C41H25N5. The molecule has 3 aromatic heterocycles. The molecule has 0 bridgehead atoms. The minimum atomic E-state index is 0.622. The van der Waals surface area contributed by atoms with Crippen molar-refractivity contribution in [3.05, 3.63) is 152 Å². The Balaban J connectivity index is 1.23. The van der Waals surface area contributed by atoms with Gasteiger partial charge in [-0.2, -0.15) is 0 Å². The highest BCUT2D eigenvalue weighted by Gasteiger charge is 2.17. The zero-order chi connectivity index (χ0) is 30.5. The maximum absolute atomic E-state index is 5.39. The molecule has 0 saturated heterocycles. The Morgan fingerprint density at radius 1 is 0.326 bits per heavy atom. The monoisotopic (exact) mass is 587 g/mol. The van der Waals surface area contributed by atoms with Crippen LogP contribution in [0.3, 0.4) is 0 Å². The molecule has 0 atom stereocenters. The summed E-state index contributed by atoms with van der Waals surface area (Å²) in [6.45, 7) is 0. The number of hydrogen-bond acceptors (Lipinski definition) is 5. The zero-order valence-electron chi connectivity index (χ0n) is 24.7. The molecule has 46 heavy (non-hydrogen) atoms. The van der Waals surface area contributed by atoms with Gasteiger partial charge < -0.3 is 0 Å². The molecule has 0 spiro atoms. The van der Waals surface area contributed by atoms with E-state index in [-0.39, 0.29) is 0 Å². The first-order valence-electron chi connectivity index (χ1n) is 15.3. The second-order valence-corrected chi connectivity index (χ2v) is 11.3. The van der Waals surface area contributed by atoms with Crippen LogP contribution < -0.4 is 0 Å². The summed E-state index contributed by atoms with van der Waals surface area (Å²) in [5.41, 5.74) is 5.71. The Labute approximate surface area is 264 Å². The number of nitrogens with zero attached hydrogens (tertiary/aromatic N) is 5. The smallest absolute Gasteiger partial charge is 0.164 e. The summed E-state index contributed by atoms with van der Waals surface area (Å²) >= 11 is 0. The maximum atomic E-state index is 5.39. The van der Waals surface area contributed by atoms with Crippen molar-refractivity contribution >= 4 is 43.2 Å². The van der Waals surface area contributed by atoms with Crippen LogP contribution in [-0.4, -0.2) is 24.9 Å². The summed E-state index contributed by atoms with van der Waals surface area (Å²) in [4.78, 5) is 24.6. The number of pyridine rings is 2. The zero-order valence-corrected chi connectivity index (χ0v) is 24.7. The molecule has 3 heterocycles. The molecule has 0 fully saturated rings. The molecule has 9 rings (SSSR count). The second kappa shape index (κ2) is 10.7. The molecule has 9 aromatic rings. The first-order chi connectivity index (χ1) is 22.8. The van der Waals surface area contributed by atoms with Crippen LogP contribution in [0.25, 0.3) is 88.6 Å². The molecule has 0 N–H and O–H groups in total. The third-order valence-corrected chi connectivity index (χ3v) is 8.59. The van der Waals surface area contributed by atoms with Crippen LogP contribution in [0.1, 0.15) is 0 Å². The van der Waals surface area contributed by atoms with Gasteiger partial charge in [0.25, 0.3) is 0 Å². The highest BCUT2D eigenvalue weighted by Crippen LogP contribution is 2.40. The van der Waals surface area contributed by atoms with E-state index in [0.29, 0.717) is 17.5 Å². The molecule has 0 saturated carbocycles. The minimum absolute atomic E-state index is 0.622. The van der Waals surface area contributed by atoms with Crippen LogP contribution in [-0.2, 0) is 0 Å². The molecule has 0 aliphatic rings. The van der Waals surface area contributed by atoms with Gasteiger partial charge >= 0.3 is 0 Å². The van der Waals surface area contributed by atoms with Crippen LogP contribution in [0.4, 0.5) is 0 Å². The van der Waals surface area contributed by atoms with Crippen molar-refractivity contribution in [2.75, 3.05) is 0 Å². The van der Waals surface area contributed by atoms with E-state index in [0.717, 1.165) is 55.0 Å². The van der Waals surface area contributed by atoms with E-state index in [1.54, 1.807) is 0 Å². The Bertz CT molecular complexity index is 2510. The minimum Gasteiger partial charge on any atom is -0.264 e. The fraction of sp³-hybridized carbons (Fsp3) is 0. The molecule has 0 amide bonds. The number of fused-ring (bicyclic) bond motifs is 8. The van der Waals surface area contributed by atoms with Crippen molar-refractivity contribution in [3.63, 3.8) is 0 Å². The summed E-state index contributed by atoms with van der Waals surface area (Å²) in [6.07, 6.45) is 3.82. The van der Waals surface area contributed by atoms with Crippen molar-refractivity contribution in [2.45, 2.75) is 0 Å². The van der Waals surface area contributed by atoms with Crippen molar-refractivity contribution in [1.29, 1.82) is 0 Å². The van der Waals surface area contributed by atoms with Gasteiger partial charge in [0.05, 0.1) is 11.2 Å². The number of rotatable bonds is 4. The number of benzene rings is 6. The van der Waals surface area contributed by atoms with E-state index in [4.69, 9.17) is 19.9 Å². The van der Waals surface area contributed by atoms with Gasteiger partial charge in [0, 0.05) is 56.2 Å². The second-order valence-electron chi connectivity index (χ2n) is 11.3. The Morgan fingerprint density at radius 3 is 1.41 bits per heavy atom. The third kappa shape index (κ3) is 4.29. The van der Waals surface area contributed by atoms with Gasteiger partial charge in [-0.1, -0.05) is 133 Å². The average molecular weight is 588 g/mol. The van der Waals surface area contributed by atoms with Gasteiger partial charge in [-0.25, -0.2) is 19.9 Å². The lowest BCUT2D eigenvalue weighted by Gasteiger charge is -2.15. The first-order valence-corrected chi connectivity index (χ1v) is 15.3. The molecule has 5 heteroatoms. The van der Waals surface area contributed by atoms with Crippen molar-refractivity contribution in [2.24, 2.45) is 0 Å². The molecule has 5 nitrogen and oxygen atoms in total. The summed E-state index contributed by atoms with van der Waals surface area (Å²) in [7, 11) is 0. The van der Waals surface area contributed by atoms with Crippen LogP contribution in [0.2, 0.25) is 0 Å². The van der Waals surface area contributed by atoms with Crippen molar-refractivity contribution in [1.82, 2.24) is 24.9 Å². The van der Waals surface area contributed by atoms with Crippen molar-refractivity contribution in [3.8, 4) is 45.4 Å². The summed E-state index contributed by atoms with van der Waals surface area (Å²) in [5, 5.41) is 8.01. The highest BCUT2D eigenvalue weighted by atomic mass is 15.0. The van der Waals surface area contributed by atoms with E-state index in [9.17, 15) is 0 Å². The van der Waals surface area contributed by atoms with Crippen LogP contribution in [0.15, 0.2) is 152 Å². The fourth-order valence-corrected chi connectivity index (χ4v) is 6.42. The molecule has 214 valence electrons. The van der Waals surface area contributed by atoms with Gasteiger partial charge in [-0.05, 0) is 22.2 Å². The fourth-order valence-electron chi connectivity index (χ4n) is 6.42. The lowest BCUT2D eigenvalue weighted by atomic mass is 9.93. The van der Waals surface area contributed by atoms with E-state index < -0.39 is 0 Å². The Hall–Kier alpha value is -6.33. The van der Waals surface area contributed by atoms with E-state index in [1.165, 1.54) is 16.2 Å². The highest BCUT2D eigenvalue weighted by molar-refractivity contribution is 6.31. The lowest BCUT2D eigenvalue weighted by molar-refractivity contribution is 1.07. The van der Waals surface area contributed by atoms with E-state index in [2.05, 4.69) is 83.8 Å². The largest absolute Gasteiger partial charge is 0.264 e. The predicted molar refractivity (Wildman–Crippen MR) is 187 cm³/mol. The van der Waals surface area contributed by atoms with Gasteiger partial charge in [0.2, 0.25) is 0 Å². The normalized spacial score (nSPS) is 11.5. The summed E-state index contributed by atoms with van der Waals surface area (Å²) in [6, 6.07) is 47.6. The van der Waals surface area contributed by atoms with Crippen LogP contribution in [0.5, 0.6) is 0 Å². The third-order valence-electron chi connectivity index (χ3n) is 8.59. The van der Waals surface area contributed by atoms with E-state index in [1.807, 2.05) is 73.1 Å². The first kappa shape index (κ1) is 26.1. The topological polar surface area (TPSA) is 64.5 Å². The Morgan fingerprint density at radius 2 is 0.804 bits per heavy atom. The van der Waals surface area contributed by atoms with Gasteiger partial charge in [-0.3, -0.25) is 4.98 Å². The molecular weight excluding hydrogens is 562 g/mol. The van der Waals surface area contributed by atoms with Gasteiger partial charge in [-0.15, -0.1) is 0 Å².